The summed E-state index contributed by atoms with van der Waals surface area (Å²) in [5, 5.41) is 8.14. The van der Waals surface area contributed by atoms with E-state index < -0.39 is 16.1 Å². The zero-order valence-corrected chi connectivity index (χ0v) is 13.3. The van der Waals surface area contributed by atoms with E-state index in [1.165, 1.54) is 0 Å². The van der Waals surface area contributed by atoms with Crippen LogP contribution in [0.3, 0.4) is 0 Å². The lowest BCUT2D eigenvalue weighted by Crippen LogP contribution is -2.30. The number of ether oxygens (including phenoxy) is 1. The number of rotatable bonds is 4. The lowest BCUT2D eigenvalue weighted by molar-refractivity contribution is 0.0802. The normalized spacial score (nSPS) is 16.3. The summed E-state index contributed by atoms with van der Waals surface area (Å²) >= 11 is 0. The fourth-order valence-electron chi connectivity index (χ4n) is 2.41. The van der Waals surface area contributed by atoms with Crippen molar-refractivity contribution < 1.29 is 13.2 Å². The number of hydrogen-bond acceptors (Lipinski definition) is 5. The maximum absolute atomic E-state index is 12.4. The van der Waals surface area contributed by atoms with Crippen LogP contribution in [0.2, 0.25) is 0 Å². The van der Waals surface area contributed by atoms with Gasteiger partial charge in [0.25, 0.3) is 0 Å². The van der Waals surface area contributed by atoms with Gasteiger partial charge in [0.2, 0.25) is 10.0 Å². The molecule has 0 radical (unpaired) electrons. The summed E-state index contributed by atoms with van der Waals surface area (Å²) < 4.78 is 34.7. The van der Waals surface area contributed by atoms with Gasteiger partial charge in [-0.3, -0.25) is 0 Å². The van der Waals surface area contributed by atoms with Crippen LogP contribution in [0.4, 0.5) is 0 Å². The highest BCUT2D eigenvalue weighted by atomic mass is 32.2. The van der Waals surface area contributed by atoms with Gasteiger partial charge in [0, 0.05) is 6.54 Å². The van der Waals surface area contributed by atoms with Crippen molar-refractivity contribution in [2.24, 2.45) is 0 Å². The first-order valence-corrected chi connectivity index (χ1v) is 8.54. The average molecular weight is 322 g/mol. The fraction of sp³-hybridized carbons (Fsp3) is 0.429. The summed E-state index contributed by atoms with van der Waals surface area (Å²) in [4.78, 5) is 0.242. The third-order valence-corrected chi connectivity index (χ3v) is 5.15. The van der Waals surface area contributed by atoms with Crippen molar-refractivity contribution in [2.45, 2.75) is 37.9 Å². The first-order chi connectivity index (χ1) is 10.5. The fourth-order valence-corrected chi connectivity index (χ4v) is 3.61. The molecule has 1 aliphatic heterocycles. The molecule has 8 heteroatoms. The number of nitrogens with zero attached hydrogens (tertiary/aromatic N) is 3. The van der Waals surface area contributed by atoms with E-state index in [0.29, 0.717) is 25.6 Å². The van der Waals surface area contributed by atoms with Gasteiger partial charge >= 0.3 is 0 Å². The second kappa shape index (κ2) is 5.79. The maximum atomic E-state index is 12.4. The summed E-state index contributed by atoms with van der Waals surface area (Å²) in [6, 6.07) is 6.27. The highest BCUT2D eigenvalue weighted by Gasteiger charge is 2.24. The van der Waals surface area contributed by atoms with Gasteiger partial charge in [-0.1, -0.05) is 17.7 Å². The van der Waals surface area contributed by atoms with Crippen LogP contribution in [0.1, 0.15) is 30.2 Å². The summed E-state index contributed by atoms with van der Waals surface area (Å²) in [5.74, 6) is 1.33. The Balaban J connectivity index is 1.83. The molecule has 0 fully saturated rings. The zero-order valence-electron chi connectivity index (χ0n) is 12.5. The van der Waals surface area contributed by atoms with Gasteiger partial charge in [-0.25, -0.2) is 13.1 Å². The molecule has 1 atom stereocenters. The Kier molecular flexibility index (Phi) is 3.98. The van der Waals surface area contributed by atoms with E-state index in [9.17, 15) is 8.42 Å². The molecule has 22 heavy (non-hydrogen) atoms. The molecule has 0 aliphatic carbocycles. The molecule has 0 amide bonds. The number of hydrogen-bond donors (Lipinski definition) is 1. The van der Waals surface area contributed by atoms with Crippen LogP contribution >= 0.6 is 0 Å². The smallest absolute Gasteiger partial charge is 0.241 e. The molecule has 7 nitrogen and oxygen atoms in total. The minimum absolute atomic E-state index is 0.242. The highest BCUT2D eigenvalue weighted by molar-refractivity contribution is 7.89. The summed E-state index contributed by atoms with van der Waals surface area (Å²) in [7, 11) is -3.59. The van der Waals surface area contributed by atoms with Crippen molar-refractivity contribution >= 4 is 10.0 Å². The lowest BCUT2D eigenvalue weighted by atomic mass is 10.2. The number of nitrogens with one attached hydrogen (secondary N) is 1. The number of sulfonamides is 1. The van der Waals surface area contributed by atoms with Gasteiger partial charge in [-0.15, -0.1) is 10.2 Å². The Hall–Kier alpha value is -1.77. The lowest BCUT2D eigenvalue weighted by Gasteiger charge is -2.19. The third-order valence-electron chi connectivity index (χ3n) is 3.60. The van der Waals surface area contributed by atoms with Crippen molar-refractivity contribution in [3.8, 4) is 0 Å². The van der Waals surface area contributed by atoms with Crippen LogP contribution < -0.4 is 4.72 Å². The predicted octanol–water partition coefficient (Wildman–Crippen LogP) is 1.16. The summed E-state index contributed by atoms with van der Waals surface area (Å²) in [6.07, 6.45) is 0. The molecule has 1 N–H and O–H groups in total. The Morgan fingerprint density at radius 1 is 1.27 bits per heavy atom. The van der Waals surface area contributed by atoms with Crippen LogP contribution in [0.25, 0.3) is 0 Å². The molecule has 3 rings (SSSR count). The molecule has 0 bridgehead atoms. The van der Waals surface area contributed by atoms with Crippen LogP contribution in [0, 0.1) is 6.92 Å². The van der Waals surface area contributed by atoms with Crippen molar-refractivity contribution in [2.75, 3.05) is 6.61 Å². The molecule has 2 aromatic rings. The van der Waals surface area contributed by atoms with Crippen molar-refractivity contribution in [3.63, 3.8) is 0 Å². The number of fused-ring (bicyclic) bond motifs is 1. The third kappa shape index (κ3) is 2.90. The predicted molar refractivity (Wildman–Crippen MR) is 79.6 cm³/mol. The van der Waals surface area contributed by atoms with E-state index in [-0.39, 0.29) is 4.90 Å². The van der Waals surface area contributed by atoms with Crippen molar-refractivity contribution in [1.29, 1.82) is 0 Å². The standard InChI is InChI=1S/C14H18N4O3S/c1-10-3-5-12(6-4-10)22(19,20)17-11(2)14-16-15-13-9-21-8-7-18(13)14/h3-6,11,17H,7-9H2,1-2H3. The van der Waals surface area contributed by atoms with Crippen molar-refractivity contribution in [3.05, 3.63) is 41.5 Å². The molecular formula is C14H18N4O3S. The molecule has 0 spiro atoms. The average Bonchev–Trinajstić information content (AvgIpc) is 2.91. The monoisotopic (exact) mass is 322 g/mol. The first-order valence-electron chi connectivity index (χ1n) is 7.06. The van der Waals surface area contributed by atoms with Gasteiger partial charge in [-0.05, 0) is 26.0 Å². The Morgan fingerprint density at radius 3 is 2.73 bits per heavy atom. The summed E-state index contributed by atoms with van der Waals surface area (Å²) in [5.41, 5.74) is 1.01. The van der Waals surface area contributed by atoms with E-state index >= 15 is 0 Å². The molecule has 1 unspecified atom stereocenters. The second-order valence-electron chi connectivity index (χ2n) is 5.33. The Bertz CT molecular complexity index is 768. The molecule has 1 aliphatic rings. The van der Waals surface area contributed by atoms with E-state index in [1.54, 1.807) is 31.2 Å². The molecule has 1 aromatic carbocycles. The second-order valence-corrected chi connectivity index (χ2v) is 7.05. The quantitative estimate of drug-likeness (QED) is 0.913. The van der Waals surface area contributed by atoms with Gasteiger partial charge < -0.3 is 9.30 Å². The number of aromatic nitrogens is 3. The largest absolute Gasteiger partial charge is 0.372 e. The first kappa shape index (κ1) is 15.1. The minimum Gasteiger partial charge on any atom is -0.372 e. The van der Waals surface area contributed by atoms with Gasteiger partial charge in [-0.2, -0.15) is 0 Å². The van der Waals surface area contributed by atoms with Crippen LogP contribution in [-0.4, -0.2) is 29.8 Å². The SMILES string of the molecule is Cc1ccc(S(=O)(=O)NC(C)c2nnc3n2CCOC3)cc1. The Morgan fingerprint density at radius 2 is 2.00 bits per heavy atom. The topological polar surface area (TPSA) is 86.1 Å². The molecule has 118 valence electrons. The van der Waals surface area contributed by atoms with E-state index in [1.807, 2.05) is 11.5 Å². The molecule has 2 heterocycles. The van der Waals surface area contributed by atoms with Crippen LogP contribution in [-0.2, 0) is 27.9 Å². The number of benzene rings is 1. The number of aryl methyl sites for hydroxylation is 1. The van der Waals surface area contributed by atoms with Gasteiger partial charge in [0.1, 0.15) is 6.61 Å². The van der Waals surface area contributed by atoms with Gasteiger partial charge in [0.15, 0.2) is 11.6 Å². The highest BCUT2D eigenvalue weighted by Crippen LogP contribution is 2.18. The molecule has 1 aromatic heterocycles. The van der Waals surface area contributed by atoms with Crippen LogP contribution in [0.5, 0.6) is 0 Å². The van der Waals surface area contributed by atoms with Crippen LogP contribution in [0.15, 0.2) is 29.2 Å². The van der Waals surface area contributed by atoms with E-state index in [2.05, 4.69) is 14.9 Å². The van der Waals surface area contributed by atoms with E-state index in [0.717, 1.165) is 11.4 Å². The maximum Gasteiger partial charge on any atom is 0.241 e. The van der Waals surface area contributed by atoms with Gasteiger partial charge in [0.05, 0.1) is 17.5 Å². The zero-order chi connectivity index (χ0) is 15.7. The summed E-state index contributed by atoms with van der Waals surface area (Å²) in [6.45, 7) is 5.30. The Labute approximate surface area is 129 Å². The minimum atomic E-state index is -3.59. The molecule has 0 saturated heterocycles. The van der Waals surface area contributed by atoms with Crippen molar-refractivity contribution in [1.82, 2.24) is 19.5 Å². The molecular weight excluding hydrogens is 304 g/mol. The molecule has 0 saturated carbocycles. The van der Waals surface area contributed by atoms with E-state index in [4.69, 9.17) is 4.74 Å².